The second-order valence-corrected chi connectivity index (χ2v) is 4.66. The van der Waals surface area contributed by atoms with E-state index in [2.05, 4.69) is 22.4 Å². The van der Waals surface area contributed by atoms with Crippen LogP contribution in [-0.4, -0.2) is 31.0 Å². The number of rotatable bonds is 7. The molecule has 114 valence electrons. The van der Waals surface area contributed by atoms with Crippen molar-refractivity contribution in [2.24, 2.45) is 0 Å². The van der Waals surface area contributed by atoms with Crippen LogP contribution in [0.3, 0.4) is 0 Å². The molecule has 0 aliphatic rings. The van der Waals surface area contributed by atoms with Gasteiger partial charge in [-0.1, -0.05) is 13.0 Å². The van der Waals surface area contributed by atoms with Gasteiger partial charge in [-0.15, -0.1) is 10.2 Å². The Labute approximate surface area is 124 Å². The van der Waals surface area contributed by atoms with Crippen molar-refractivity contribution >= 4 is 0 Å². The molecule has 0 saturated heterocycles. The summed E-state index contributed by atoms with van der Waals surface area (Å²) < 4.78 is 16.5. The van der Waals surface area contributed by atoms with Crippen molar-refractivity contribution in [3.8, 4) is 23.0 Å². The molecule has 0 spiro atoms. The number of hydrogen-bond donors (Lipinski definition) is 1. The summed E-state index contributed by atoms with van der Waals surface area (Å²) in [4.78, 5) is 0. The van der Waals surface area contributed by atoms with Gasteiger partial charge >= 0.3 is 0 Å². The highest BCUT2D eigenvalue weighted by Crippen LogP contribution is 2.37. The predicted octanol–water partition coefficient (Wildman–Crippen LogP) is 2.81. The Bertz CT molecular complexity index is 561. The molecule has 6 heteroatoms. The lowest BCUT2D eigenvalue weighted by Crippen LogP contribution is -2.19. The third kappa shape index (κ3) is 3.33. The van der Waals surface area contributed by atoms with Gasteiger partial charge in [-0.2, -0.15) is 0 Å². The molecule has 1 atom stereocenters. The molecular formula is C15H21N3O3. The van der Waals surface area contributed by atoms with E-state index in [9.17, 15) is 0 Å². The van der Waals surface area contributed by atoms with Crippen LogP contribution in [0.15, 0.2) is 22.6 Å². The van der Waals surface area contributed by atoms with E-state index >= 15 is 0 Å². The first-order valence-corrected chi connectivity index (χ1v) is 6.99. The van der Waals surface area contributed by atoms with E-state index in [1.54, 1.807) is 14.2 Å². The largest absolute Gasteiger partial charge is 0.496 e. The average molecular weight is 291 g/mol. The molecule has 0 radical (unpaired) electrons. The van der Waals surface area contributed by atoms with E-state index in [4.69, 9.17) is 13.9 Å². The number of hydrogen-bond acceptors (Lipinski definition) is 6. The van der Waals surface area contributed by atoms with Gasteiger partial charge in [-0.25, -0.2) is 0 Å². The molecule has 0 aliphatic heterocycles. The quantitative estimate of drug-likeness (QED) is 0.846. The first-order valence-electron chi connectivity index (χ1n) is 6.99. The molecule has 0 amide bonds. The SMILES string of the molecule is CCCNC(C)c1nnc(-c2c(OC)cccc2OC)o1. The number of nitrogens with zero attached hydrogens (tertiary/aromatic N) is 2. The summed E-state index contributed by atoms with van der Waals surface area (Å²) in [5.74, 6) is 2.22. The second-order valence-electron chi connectivity index (χ2n) is 4.66. The Morgan fingerprint density at radius 1 is 1.19 bits per heavy atom. The molecule has 0 bridgehead atoms. The highest BCUT2D eigenvalue weighted by Gasteiger charge is 2.20. The fourth-order valence-corrected chi connectivity index (χ4v) is 2.02. The van der Waals surface area contributed by atoms with Gasteiger partial charge in [0.1, 0.15) is 17.1 Å². The van der Waals surface area contributed by atoms with Gasteiger partial charge in [0.2, 0.25) is 5.89 Å². The van der Waals surface area contributed by atoms with Gasteiger partial charge in [0.15, 0.2) is 0 Å². The molecule has 1 unspecified atom stereocenters. The lowest BCUT2D eigenvalue weighted by atomic mass is 10.1. The van der Waals surface area contributed by atoms with Crippen molar-refractivity contribution in [3.05, 3.63) is 24.1 Å². The maximum Gasteiger partial charge on any atom is 0.255 e. The molecule has 0 saturated carbocycles. The summed E-state index contributed by atoms with van der Waals surface area (Å²) >= 11 is 0. The maximum atomic E-state index is 5.77. The molecule has 21 heavy (non-hydrogen) atoms. The molecule has 1 heterocycles. The van der Waals surface area contributed by atoms with E-state index in [0.29, 0.717) is 28.8 Å². The highest BCUT2D eigenvalue weighted by atomic mass is 16.5. The Hall–Kier alpha value is -2.08. The van der Waals surface area contributed by atoms with Gasteiger partial charge in [0, 0.05) is 0 Å². The molecule has 6 nitrogen and oxygen atoms in total. The van der Waals surface area contributed by atoms with Crippen LogP contribution in [0, 0.1) is 0 Å². The monoisotopic (exact) mass is 291 g/mol. The molecule has 1 aromatic heterocycles. The standard InChI is InChI=1S/C15H21N3O3/c1-5-9-16-10(2)14-17-18-15(21-14)13-11(19-3)7-6-8-12(13)20-4/h6-8,10,16H,5,9H2,1-4H3. The van der Waals surface area contributed by atoms with Crippen molar-refractivity contribution in [3.63, 3.8) is 0 Å². The zero-order valence-electron chi connectivity index (χ0n) is 12.8. The van der Waals surface area contributed by atoms with Crippen molar-refractivity contribution in [1.29, 1.82) is 0 Å². The second kappa shape index (κ2) is 7.08. The van der Waals surface area contributed by atoms with Crippen molar-refractivity contribution in [2.45, 2.75) is 26.3 Å². The van der Waals surface area contributed by atoms with E-state index in [1.165, 1.54) is 0 Å². The minimum absolute atomic E-state index is 0.00639. The minimum atomic E-state index is 0.00639. The van der Waals surface area contributed by atoms with E-state index in [-0.39, 0.29) is 6.04 Å². The number of methoxy groups -OCH3 is 2. The van der Waals surface area contributed by atoms with Gasteiger partial charge in [0.05, 0.1) is 20.3 Å². The third-order valence-electron chi connectivity index (χ3n) is 3.15. The number of ether oxygens (including phenoxy) is 2. The fourth-order valence-electron chi connectivity index (χ4n) is 2.02. The molecular weight excluding hydrogens is 270 g/mol. The highest BCUT2D eigenvalue weighted by molar-refractivity contribution is 5.70. The van der Waals surface area contributed by atoms with Gasteiger partial charge in [-0.3, -0.25) is 0 Å². The van der Waals surface area contributed by atoms with Crippen LogP contribution in [-0.2, 0) is 0 Å². The van der Waals surface area contributed by atoms with E-state index < -0.39 is 0 Å². The molecule has 1 N–H and O–H groups in total. The Balaban J connectivity index is 2.33. The fraction of sp³-hybridized carbons (Fsp3) is 0.467. The van der Waals surface area contributed by atoms with Crippen LogP contribution in [0.25, 0.3) is 11.5 Å². The zero-order chi connectivity index (χ0) is 15.2. The lowest BCUT2D eigenvalue weighted by Gasteiger charge is -2.10. The number of aromatic nitrogens is 2. The summed E-state index contributed by atoms with van der Waals surface area (Å²) in [5, 5.41) is 11.5. The third-order valence-corrected chi connectivity index (χ3v) is 3.15. The summed E-state index contributed by atoms with van der Waals surface area (Å²) in [6, 6.07) is 5.53. The minimum Gasteiger partial charge on any atom is -0.496 e. The van der Waals surface area contributed by atoms with Crippen LogP contribution < -0.4 is 14.8 Å². The molecule has 1 aromatic carbocycles. The van der Waals surface area contributed by atoms with Gasteiger partial charge < -0.3 is 19.2 Å². The van der Waals surface area contributed by atoms with Gasteiger partial charge in [-0.05, 0) is 32.0 Å². The summed E-state index contributed by atoms with van der Waals surface area (Å²) in [6.07, 6.45) is 1.05. The van der Waals surface area contributed by atoms with E-state index in [0.717, 1.165) is 13.0 Å². The Morgan fingerprint density at radius 2 is 1.86 bits per heavy atom. The van der Waals surface area contributed by atoms with Crippen LogP contribution in [0.5, 0.6) is 11.5 Å². The van der Waals surface area contributed by atoms with Crippen LogP contribution in [0.2, 0.25) is 0 Å². The normalized spacial score (nSPS) is 12.2. The first kappa shape index (κ1) is 15.3. The summed E-state index contributed by atoms with van der Waals surface area (Å²) in [6.45, 7) is 5.00. The molecule has 2 rings (SSSR count). The molecule has 0 aliphatic carbocycles. The topological polar surface area (TPSA) is 69.4 Å². The molecule has 0 fully saturated rings. The average Bonchev–Trinajstić information content (AvgIpc) is 3.01. The van der Waals surface area contributed by atoms with Gasteiger partial charge in [0.25, 0.3) is 5.89 Å². The van der Waals surface area contributed by atoms with Crippen LogP contribution >= 0.6 is 0 Å². The van der Waals surface area contributed by atoms with Crippen molar-refractivity contribution < 1.29 is 13.9 Å². The lowest BCUT2D eigenvalue weighted by molar-refractivity contribution is 0.388. The Morgan fingerprint density at radius 3 is 2.43 bits per heavy atom. The zero-order valence-corrected chi connectivity index (χ0v) is 12.8. The first-order chi connectivity index (χ1) is 10.2. The summed E-state index contributed by atoms with van der Waals surface area (Å²) in [5.41, 5.74) is 0.670. The summed E-state index contributed by atoms with van der Waals surface area (Å²) in [7, 11) is 3.20. The number of nitrogens with one attached hydrogen (secondary N) is 1. The van der Waals surface area contributed by atoms with Crippen LogP contribution in [0.4, 0.5) is 0 Å². The number of benzene rings is 1. The van der Waals surface area contributed by atoms with Crippen LogP contribution in [0.1, 0.15) is 32.2 Å². The maximum absolute atomic E-state index is 5.77. The van der Waals surface area contributed by atoms with E-state index in [1.807, 2.05) is 25.1 Å². The Kier molecular flexibility index (Phi) is 5.16. The van der Waals surface area contributed by atoms with Crippen molar-refractivity contribution in [1.82, 2.24) is 15.5 Å². The predicted molar refractivity (Wildman–Crippen MR) is 79.5 cm³/mol. The smallest absolute Gasteiger partial charge is 0.255 e. The van der Waals surface area contributed by atoms with Crippen molar-refractivity contribution in [2.75, 3.05) is 20.8 Å². The molecule has 2 aromatic rings.